The molecule has 2 heterocycles. The van der Waals surface area contributed by atoms with E-state index in [2.05, 4.69) is 27.3 Å². The van der Waals surface area contributed by atoms with E-state index in [1.807, 2.05) is 0 Å². The molecular formula is C14H24N4O. The van der Waals surface area contributed by atoms with Gasteiger partial charge in [-0.1, -0.05) is 12.1 Å². The lowest BCUT2D eigenvalue weighted by atomic mass is 10.0. The van der Waals surface area contributed by atoms with Crippen molar-refractivity contribution >= 4 is 0 Å². The van der Waals surface area contributed by atoms with Gasteiger partial charge in [0.05, 0.1) is 6.54 Å². The van der Waals surface area contributed by atoms with Crippen molar-refractivity contribution in [2.45, 2.75) is 57.5 Å². The molecule has 0 atom stereocenters. The maximum atomic E-state index is 5.42. The summed E-state index contributed by atoms with van der Waals surface area (Å²) in [6, 6.07) is 0.664. The molecule has 1 aliphatic heterocycles. The highest BCUT2D eigenvalue weighted by atomic mass is 16.5. The van der Waals surface area contributed by atoms with Crippen molar-refractivity contribution in [3.05, 3.63) is 11.7 Å². The second kappa shape index (κ2) is 6.01. The predicted molar refractivity (Wildman–Crippen MR) is 72.9 cm³/mol. The fourth-order valence-corrected chi connectivity index (χ4v) is 2.86. The Balaban J connectivity index is 1.61. The quantitative estimate of drug-likeness (QED) is 0.850. The summed E-state index contributed by atoms with van der Waals surface area (Å²) in [6.07, 6.45) is 6.08. The predicted octanol–water partition coefficient (Wildman–Crippen LogP) is 1.91. The molecule has 5 heteroatoms. The van der Waals surface area contributed by atoms with Crippen LogP contribution in [0, 0.1) is 0 Å². The van der Waals surface area contributed by atoms with E-state index in [4.69, 9.17) is 4.52 Å². The lowest BCUT2D eigenvalue weighted by Gasteiger charge is -2.33. The fourth-order valence-electron chi connectivity index (χ4n) is 2.86. The van der Waals surface area contributed by atoms with Crippen LogP contribution in [0.2, 0.25) is 0 Å². The Morgan fingerprint density at radius 1 is 1.26 bits per heavy atom. The van der Waals surface area contributed by atoms with E-state index in [1.54, 1.807) is 0 Å². The Labute approximate surface area is 114 Å². The van der Waals surface area contributed by atoms with Gasteiger partial charge in [-0.05, 0) is 51.7 Å². The van der Waals surface area contributed by atoms with Gasteiger partial charge in [-0.3, -0.25) is 4.90 Å². The number of nitrogens with one attached hydrogen (secondary N) is 1. The average molecular weight is 264 g/mol. The largest absolute Gasteiger partial charge is 0.338 e. The van der Waals surface area contributed by atoms with E-state index in [-0.39, 0.29) is 0 Å². The van der Waals surface area contributed by atoms with E-state index < -0.39 is 0 Å². The molecule has 106 valence electrons. The van der Waals surface area contributed by atoms with Gasteiger partial charge in [0.15, 0.2) is 5.82 Å². The molecule has 0 aromatic carbocycles. The first-order chi connectivity index (χ1) is 9.36. The molecule has 0 bridgehead atoms. The third kappa shape index (κ3) is 3.34. The van der Waals surface area contributed by atoms with E-state index in [0.29, 0.717) is 12.0 Å². The molecule has 1 saturated carbocycles. The lowest BCUT2D eigenvalue weighted by molar-refractivity contribution is 0.137. The van der Waals surface area contributed by atoms with E-state index in [0.717, 1.165) is 37.9 Å². The highest BCUT2D eigenvalue weighted by molar-refractivity contribution is 5.03. The average Bonchev–Trinajstić information content (AvgIpc) is 3.20. The second-order valence-electron chi connectivity index (χ2n) is 5.77. The van der Waals surface area contributed by atoms with Crippen LogP contribution in [0.25, 0.3) is 0 Å². The van der Waals surface area contributed by atoms with Gasteiger partial charge < -0.3 is 9.84 Å². The van der Waals surface area contributed by atoms with Crippen LogP contribution in [-0.4, -0.2) is 40.7 Å². The van der Waals surface area contributed by atoms with Crippen molar-refractivity contribution in [1.82, 2.24) is 20.4 Å². The zero-order valence-corrected chi connectivity index (χ0v) is 11.8. The van der Waals surface area contributed by atoms with Crippen molar-refractivity contribution in [2.24, 2.45) is 0 Å². The van der Waals surface area contributed by atoms with Gasteiger partial charge in [-0.25, -0.2) is 0 Å². The Kier molecular flexibility index (Phi) is 4.13. The Bertz CT molecular complexity index is 396. The van der Waals surface area contributed by atoms with Gasteiger partial charge >= 0.3 is 0 Å². The number of rotatable bonds is 6. The molecule has 5 nitrogen and oxygen atoms in total. The van der Waals surface area contributed by atoms with Crippen LogP contribution in [-0.2, 0) is 6.54 Å². The van der Waals surface area contributed by atoms with E-state index in [9.17, 15) is 0 Å². The maximum absolute atomic E-state index is 5.42. The molecule has 1 N–H and O–H groups in total. The normalized spacial score (nSPS) is 21.2. The SMILES string of the molecule is CCCN(Cc1nc(C2CC2)no1)C1CCNCC1. The minimum atomic E-state index is 0.580. The van der Waals surface area contributed by atoms with Crippen molar-refractivity contribution in [1.29, 1.82) is 0 Å². The molecule has 0 radical (unpaired) electrons. The highest BCUT2D eigenvalue weighted by Gasteiger charge is 2.29. The minimum Gasteiger partial charge on any atom is -0.338 e. The van der Waals surface area contributed by atoms with E-state index >= 15 is 0 Å². The monoisotopic (exact) mass is 264 g/mol. The van der Waals surface area contributed by atoms with Crippen molar-refractivity contribution < 1.29 is 4.52 Å². The summed E-state index contributed by atoms with van der Waals surface area (Å²) in [5.74, 6) is 2.31. The lowest BCUT2D eigenvalue weighted by Crippen LogP contribution is -2.43. The first-order valence-electron chi connectivity index (χ1n) is 7.64. The van der Waals surface area contributed by atoms with Gasteiger partial charge in [-0.15, -0.1) is 0 Å². The second-order valence-corrected chi connectivity index (χ2v) is 5.77. The number of hydrogen-bond donors (Lipinski definition) is 1. The van der Waals surface area contributed by atoms with Crippen LogP contribution in [0.4, 0.5) is 0 Å². The summed E-state index contributed by atoms with van der Waals surface area (Å²) < 4.78 is 5.42. The smallest absolute Gasteiger partial charge is 0.240 e. The Hall–Kier alpha value is -0.940. The highest BCUT2D eigenvalue weighted by Crippen LogP contribution is 2.38. The number of nitrogens with zero attached hydrogens (tertiary/aromatic N) is 3. The summed E-state index contributed by atoms with van der Waals surface area (Å²) in [4.78, 5) is 7.07. The Morgan fingerprint density at radius 2 is 2.05 bits per heavy atom. The summed E-state index contributed by atoms with van der Waals surface area (Å²) in [6.45, 7) is 6.42. The van der Waals surface area contributed by atoms with Gasteiger partial charge in [0.1, 0.15) is 0 Å². The molecule has 0 amide bonds. The zero-order chi connectivity index (χ0) is 13.1. The fraction of sp³-hybridized carbons (Fsp3) is 0.857. The molecule has 1 aromatic rings. The first-order valence-corrected chi connectivity index (χ1v) is 7.64. The standard InChI is InChI=1S/C14H24N4O/c1-2-9-18(12-5-7-15-8-6-12)10-13-16-14(17-19-13)11-3-4-11/h11-12,15H,2-10H2,1H3. The topological polar surface area (TPSA) is 54.2 Å². The molecule has 1 aromatic heterocycles. The zero-order valence-electron chi connectivity index (χ0n) is 11.8. The van der Waals surface area contributed by atoms with Gasteiger partial charge in [0.2, 0.25) is 5.89 Å². The van der Waals surface area contributed by atoms with Crippen LogP contribution in [0.1, 0.15) is 56.7 Å². The van der Waals surface area contributed by atoms with Crippen LogP contribution in [0.5, 0.6) is 0 Å². The summed E-state index contributed by atoms with van der Waals surface area (Å²) in [5.41, 5.74) is 0. The minimum absolute atomic E-state index is 0.580. The molecule has 1 saturated heterocycles. The number of aromatic nitrogens is 2. The van der Waals surface area contributed by atoms with Crippen LogP contribution >= 0.6 is 0 Å². The molecule has 0 unspecified atom stereocenters. The van der Waals surface area contributed by atoms with Crippen LogP contribution in [0.3, 0.4) is 0 Å². The molecule has 19 heavy (non-hydrogen) atoms. The summed E-state index contributed by atoms with van der Waals surface area (Å²) in [5, 5.41) is 7.54. The molecular weight excluding hydrogens is 240 g/mol. The van der Waals surface area contributed by atoms with Crippen LogP contribution in [0.15, 0.2) is 4.52 Å². The summed E-state index contributed by atoms with van der Waals surface area (Å²) >= 11 is 0. The first kappa shape index (κ1) is 13.1. The van der Waals surface area contributed by atoms with Gasteiger partial charge in [-0.2, -0.15) is 4.98 Å². The van der Waals surface area contributed by atoms with Crippen molar-refractivity contribution in [3.8, 4) is 0 Å². The Morgan fingerprint density at radius 3 is 2.74 bits per heavy atom. The third-order valence-electron chi connectivity index (χ3n) is 4.10. The molecule has 3 rings (SSSR count). The number of piperidine rings is 1. The molecule has 2 fully saturated rings. The molecule has 2 aliphatic rings. The van der Waals surface area contributed by atoms with Gasteiger partial charge in [0, 0.05) is 12.0 Å². The third-order valence-corrected chi connectivity index (χ3v) is 4.10. The molecule has 0 spiro atoms. The van der Waals surface area contributed by atoms with Crippen molar-refractivity contribution in [2.75, 3.05) is 19.6 Å². The van der Waals surface area contributed by atoms with Gasteiger partial charge in [0.25, 0.3) is 0 Å². The van der Waals surface area contributed by atoms with Crippen LogP contribution < -0.4 is 5.32 Å². The maximum Gasteiger partial charge on any atom is 0.240 e. The summed E-state index contributed by atoms with van der Waals surface area (Å²) in [7, 11) is 0. The van der Waals surface area contributed by atoms with E-state index in [1.165, 1.54) is 32.1 Å². The number of hydrogen-bond acceptors (Lipinski definition) is 5. The van der Waals surface area contributed by atoms with Crippen molar-refractivity contribution in [3.63, 3.8) is 0 Å². The molecule has 1 aliphatic carbocycles.